The van der Waals surface area contributed by atoms with Crippen LogP contribution in [-0.2, 0) is 19.9 Å². The van der Waals surface area contributed by atoms with Crippen molar-refractivity contribution in [2.45, 2.75) is 6.92 Å². The first-order valence-electron chi connectivity index (χ1n) is 6.40. The van der Waals surface area contributed by atoms with Crippen molar-refractivity contribution in [1.82, 2.24) is 14.3 Å². The topological polar surface area (TPSA) is 95.8 Å². The number of aryl methyl sites for hydroxylation is 1. The minimum atomic E-state index is -3.83. The highest BCUT2D eigenvalue weighted by atomic mass is 32.3. The number of rotatable bonds is 3. The summed E-state index contributed by atoms with van der Waals surface area (Å²) in [6.07, 6.45) is 4.30. The van der Waals surface area contributed by atoms with Crippen molar-refractivity contribution in [3.8, 4) is 0 Å². The second-order valence-electron chi connectivity index (χ2n) is 5.08. The molecule has 1 aromatic heterocycles. The van der Waals surface area contributed by atoms with E-state index in [0.717, 1.165) is 5.82 Å². The molecule has 2 rings (SSSR count). The molecule has 0 unspecified atom stereocenters. The largest absolute Gasteiger partial charge is 0.354 e. The van der Waals surface area contributed by atoms with E-state index in [9.17, 15) is 12.6 Å². The summed E-state index contributed by atoms with van der Waals surface area (Å²) >= 11 is 0. The average Bonchev–Trinajstić information content (AvgIpc) is 2.36. The van der Waals surface area contributed by atoms with Crippen molar-refractivity contribution in [3.63, 3.8) is 0 Å². The molecule has 2 heterocycles. The molecule has 118 valence electrons. The number of hydrogen-bond donors (Lipinski definition) is 0. The van der Waals surface area contributed by atoms with Crippen LogP contribution in [0.5, 0.6) is 0 Å². The monoisotopic (exact) mass is 333 g/mol. The lowest BCUT2D eigenvalue weighted by Crippen LogP contribution is -2.48. The number of aromatic nitrogens is 2. The first-order chi connectivity index (χ1) is 9.67. The normalized spacial score (nSPS) is 17.8. The smallest absolute Gasteiger partial charge is 0.330 e. The molecule has 1 aromatic rings. The molecule has 1 saturated heterocycles. The van der Waals surface area contributed by atoms with Crippen LogP contribution in [0.3, 0.4) is 0 Å². The molecule has 21 heavy (non-hydrogen) atoms. The second kappa shape index (κ2) is 5.85. The molecule has 0 bridgehead atoms. The predicted octanol–water partition coefficient (Wildman–Crippen LogP) is -0.121. The first kappa shape index (κ1) is 16.1. The van der Waals surface area contributed by atoms with Gasteiger partial charge in [-0.1, -0.05) is 3.77 Å². The molecule has 0 N–H and O–H groups in total. The van der Waals surface area contributed by atoms with E-state index >= 15 is 0 Å². The van der Waals surface area contributed by atoms with Gasteiger partial charge < -0.3 is 4.90 Å². The molecular formula is C11H19N5O3S2. The first-order valence-corrected chi connectivity index (χ1v) is 10.1. The van der Waals surface area contributed by atoms with Crippen LogP contribution in [0.25, 0.3) is 0 Å². The van der Waals surface area contributed by atoms with Gasteiger partial charge in [0, 0.05) is 44.9 Å². The van der Waals surface area contributed by atoms with Gasteiger partial charge in [-0.2, -0.15) is 12.7 Å². The van der Waals surface area contributed by atoms with E-state index in [1.165, 1.54) is 16.8 Å². The summed E-state index contributed by atoms with van der Waals surface area (Å²) in [4.78, 5) is 10.4. The third-order valence-corrected chi connectivity index (χ3v) is 6.13. The molecule has 1 aliphatic rings. The lowest BCUT2D eigenvalue weighted by molar-refractivity contribution is 0.384. The SMILES string of the molecule is Cc1nccc(N2CCN(S(=O)(=O)N=S(C)(C)=O)CC2)n1. The Morgan fingerprint density at radius 2 is 1.76 bits per heavy atom. The summed E-state index contributed by atoms with van der Waals surface area (Å²) in [6, 6.07) is 1.80. The fourth-order valence-corrected chi connectivity index (χ4v) is 4.86. The number of nitrogens with zero attached hydrogens (tertiary/aromatic N) is 5. The molecule has 0 saturated carbocycles. The summed E-state index contributed by atoms with van der Waals surface area (Å²) < 4.78 is 40.4. The van der Waals surface area contributed by atoms with Crippen LogP contribution in [0.15, 0.2) is 16.0 Å². The number of hydrogen-bond acceptors (Lipinski definition) is 6. The van der Waals surface area contributed by atoms with Crippen molar-refractivity contribution in [2.75, 3.05) is 43.6 Å². The van der Waals surface area contributed by atoms with Crippen LogP contribution >= 0.6 is 0 Å². The van der Waals surface area contributed by atoms with Crippen molar-refractivity contribution < 1.29 is 12.6 Å². The molecule has 1 fully saturated rings. The fraction of sp³-hybridized carbons (Fsp3) is 0.636. The van der Waals surface area contributed by atoms with Crippen molar-refractivity contribution in [1.29, 1.82) is 0 Å². The van der Waals surface area contributed by atoms with Gasteiger partial charge in [-0.3, -0.25) is 0 Å². The summed E-state index contributed by atoms with van der Waals surface area (Å²) in [5.74, 6) is 1.46. The highest BCUT2D eigenvalue weighted by Gasteiger charge is 2.27. The minimum Gasteiger partial charge on any atom is -0.354 e. The standard InChI is InChI=1S/C11H19N5O3S2/c1-10-12-5-4-11(13-10)15-6-8-16(9-7-15)21(18,19)14-20(2,3)17/h4-5H,6-9H2,1-3H3. The van der Waals surface area contributed by atoms with E-state index in [2.05, 4.69) is 13.7 Å². The van der Waals surface area contributed by atoms with Gasteiger partial charge in [-0.15, -0.1) is 0 Å². The maximum atomic E-state index is 12.0. The highest BCUT2D eigenvalue weighted by Crippen LogP contribution is 2.16. The Morgan fingerprint density at radius 1 is 1.14 bits per heavy atom. The summed E-state index contributed by atoms with van der Waals surface area (Å²) in [5.41, 5.74) is 0. The third-order valence-electron chi connectivity index (χ3n) is 2.92. The molecule has 0 spiro atoms. The van der Waals surface area contributed by atoms with Crippen molar-refractivity contribution in [2.24, 2.45) is 3.77 Å². The summed E-state index contributed by atoms with van der Waals surface area (Å²) in [6.45, 7) is 3.43. The van der Waals surface area contributed by atoms with Crippen molar-refractivity contribution >= 4 is 25.8 Å². The Kier molecular flexibility index (Phi) is 4.49. The van der Waals surface area contributed by atoms with Gasteiger partial charge in [-0.05, 0) is 13.0 Å². The molecule has 0 aromatic carbocycles. The van der Waals surface area contributed by atoms with E-state index in [-0.39, 0.29) is 0 Å². The Morgan fingerprint density at radius 3 is 2.29 bits per heavy atom. The molecule has 10 heteroatoms. The summed E-state index contributed by atoms with van der Waals surface area (Å²) in [7, 11) is -6.52. The van der Waals surface area contributed by atoms with E-state index in [1.54, 1.807) is 12.3 Å². The van der Waals surface area contributed by atoms with E-state index in [4.69, 9.17) is 0 Å². The predicted molar refractivity (Wildman–Crippen MR) is 81.9 cm³/mol. The zero-order valence-electron chi connectivity index (χ0n) is 12.3. The van der Waals surface area contributed by atoms with Gasteiger partial charge in [0.15, 0.2) is 0 Å². The Labute approximate surface area is 125 Å². The van der Waals surface area contributed by atoms with Gasteiger partial charge in [0.1, 0.15) is 11.6 Å². The van der Waals surface area contributed by atoms with Crippen LogP contribution in [0, 0.1) is 6.92 Å². The quantitative estimate of drug-likeness (QED) is 0.765. The maximum Gasteiger partial charge on any atom is 0.330 e. The highest BCUT2D eigenvalue weighted by molar-refractivity contribution is 8.01. The van der Waals surface area contributed by atoms with Crippen LogP contribution in [-0.4, -0.2) is 65.6 Å². The lowest BCUT2D eigenvalue weighted by Gasteiger charge is -2.33. The zero-order valence-corrected chi connectivity index (χ0v) is 13.9. The van der Waals surface area contributed by atoms with E-state index < -0.39 is 19.9 Å². The van der Waals surface area contributed by atoms with Crippen LogP contribution in [0.2, 0.25) is 0 Å². The van der Waals surface area contributed by atoms with Gasteiger partial charge in [0.25, 0.3) is 0 Å². The fourth-order valence-electron chi connectivity index (χ4n) is 2.04. The molecular weight excluding hydrogens is 314 g/mol. The Balaban J connectivity index is 2.09. The Bertz CT molecular complexity index is 724. The number of anilines is 1. The van der Waals surface area contributed by atoms with E-state index in [0.29, 0.717) is 32.0 Å². The molecule has 0 atom stereocenters. The Hall–Kier alpha value is -1.26. The zero-order chi connectivity index (χ0) is 15.7. The maximum absolute atomic E-state index is 12.0. The third kappa shape index (κ3) is 4.35. The minimum absolute atomic E-state index is 0.296. The number of piperazine rings is 1. The van der Waals surface area contributed by atoms with E-state index in [1.807, 2.05) is 11.8 Å². The van der Waals surface area contributed by atoms with Crippen LogP contribution in [0.4, 0.5) is 5.82 Å². The molecule has 0 radical (unpaired) electrons. The molecule has 0 amide bonds. The van der Waals surface area contributed by atoms with Gasteiger partial charge in [0.2, 0.25) is 0 Å². The van der Waals surface area contributed by atoms with Crippen LogP contribution in [0.1, 0.15) is 5.82 Å². The van der Waals surface area contributed by atoms with Crippen molar-refractivity contribution in [3.05, 3.63) is 18.1 Å². The molecule has 0 aliphatic carbocycles. The van der Waals surface area contributed by atoms with Gasteiger partial charge >= 0.3 is 10.2 Å². The summed E-state index contributed by atoms with van der Waals surface area (Å²) in [5, 5.41) is 0. The molecule has 1 aliphatic heterocycles. The van der Waals surface area contributed by atoms with Gasteiger partial charge in [-0.25, -0.2) is 14.2 Å². The second-order valence-corrected chi connectivity index (χ2v) is 9.45. The van der Waals surface area contributed by atoms with Crippen LogP contribution < -0.4 is 4.90 Å². The van der Waals surface area contributed by atoms with Gasteiger partial charge in [0.05, 0.1) is 9.73 Å². The lowest BCUT2D eigenvalue weighted by atomic mass is 10.3. The molecule has 8 nitrogen and oxygen atoms in total. The average molecular weight is 333 g/mol.